The summed E-state index contributed by atoms with van der Waals surface area (Å²) in [7, 11) is 0. The van der Waals surface area contributed by atoms with Gasteiger partial charge in [0, 0.05) is 19.6 Å². The van der Waals surface area contributed by atoms with Crippen LogP contribution >= 0.6 is 0 Å². The van der Waals surface area contributed by atoms with Gasteiger partial charge in [0.2, 0.25) is 0 Å². The lowest BCUT2D eigenvalue weighted by Crippen LogP contribution is -2.38. The number of amidine groups is 1. The molecular formula is C13H19N3O2. The number of nitrogen functional groups attached to an aromatic ring is 1. The Balaban J connectivity index is 1.84. The Kier molecular flexibility index (Phi) is 4.55. The largest absolute Gasteiger partial charge is 0.491 e. The molecule has 5 nitrogen and oxygen atoms in total. The first-order valence-electron chi connectivity index (χ1n) is 6.13. The zero-order valence-electron chi connectivity index (χ0n) is 10.4. The van der Waals surface area contributed by atoms with Crippen LogP contribution in [0.5, 0.6) is 5.75 Å². The van der Waals surface area contributed by atoms with Crippen LogP contribution in [-0.2, 0) is 4.74 Å². The second-order valence-electron chi connectivity index (χ2n) is 4.21. The van der Waals surface area contributed by atoms with Crippen molar-refractivity contribution in [3.8, 4) is 5.75 Å². The van der Waals surface area contributed by atoms with Crippen molar-refractivity contribution < 1.29 is 9.47 Å². The van der Waals surface area contributed by atoms with E-state index in [1.807, 2.05) is 18.2 Å². The van der Waals surface area contributed by atoms with Crippen molar-refractivity contribution in [2.45, 2.75) is 0 Å². The molecule has 1 heterocycles. The Morgan fingerprint density at radius 1 is 1.33 bits per heavy atom. The fraction of sp³-hybridized carbons (Fsp3) is 0.462. The van der Waals surface area contributed by atoms with Gasteiger partial charge in [-0.1, -0.05) is 12.1 Å². The van der Waals surface area contributed by atoms with E-state index in [-0.39, 0.29) is 5.84 Å². The lowest BCUT2D eigenvalue weighted by atomic mass is 10.2. The topological polar surface area (TPSA) is 71.6 Å². The molecule has 0 aliphatic carbocycles. The van der Waals surface area contributed by atoms with Gasteiger partial charge in [-0.25, -0.2) is 0 Å². The van der Waals surface area contributed by atoms with Gasteiger partial charge in [-0.05, 0) is 12.1 Å². The molecule has 1 saturated heterocycles. The standard InChI is InChI=1S/C13H19N3O2/c14-13(15)11-3-1-2-4-12(11)18-10-7-16-5-8-17-9-6-16/h1-4H,5-10H2,(H3,14,15). The Bertz CT molecular complexity index is 403. The van der Waals surface area contributed by atoms with E-state index in [2.05, 4.69) is 4.90 Å². The number of nitrogens with one attached hydrogen (secondary N) is 1. The third-order valence-electron chi connectivity index (χ3n) is 2.95. The molecule has 0 saturated carbocycles. The molecule has 98 valence electrons. The molecule has 2 rings (SSSR count). The van der Waals surface area contributed by atoms with E-state index in [0.717, 1.165) is 32.8 Å². The minimum Gasteiger partial charge on any atom is -0.491 e. The third-order valence-corrected chi connectivity index (χ3v) is 2.95. The number of ether oxygens (including phenoxy) is 2. The van der Waals surface area contributed by atoms with Gasteiger partial charge >= 0.3 is 0 Å². The molecule has 5 heteroatoms. The molecule has 0 aromatic heterocycles. The van der Waals surface area contributed by atoms with Gasteiger partial charge in [0.25, 0.3) is 0 Å². The molecule has 0 spiro atoms. The predicted molar refractivity (Wildman–Crippen MR) is 70.2 cm³/mol. The molecule has 18 heavy (non-hydrogen) atoms. The van der Waals surface area contributed by atoms with E-state index in [1.54, 1.807) is 6.07 Å². The summed E-state index contributed by atoms with van der Waals surface area (Å²) in [6.45, 7) is 4.98. The van der Waals surface area contributed by atoms with Crippen LogP contribution in [-0.4, -0.2) is 50.2 Å². The molecule has 0 bridgehead atoms. The lowest BCUT2D eigenvalue weighted by Gasteiger charge is -2.26. The van der Waals surface area contributed by atoms with E-state index in [4.69, 9.17) is 20.6 Å². The smallest absolute Gasteiger partial charge is 0.130 e. The summed E-state index contributed by atoms with van der Waals surface area (Å²) in [5.41, 5.74) is 6.16. The third kappa shape index (κ3) is 3.45. The van der Waals surface area contributed by atoms with Crippen molar-refractivity contribution in [2.75, 3.05) is 39.5 Å². The summed E-state index contributed by atoms with van der Waals surface area (Å²) < 4.78 is 11.0. The average molecular weight is 249 g/mol. The van der Waals surface area contributed by atoms with Crippen LogP contribution < -0.4 is 10.5 Å². The van der Waals surface area contributed by atoms with E-state index in [1.165, 1.54) is 0 Å². The zero-order valence-corrected chi connectivity index (χ0v) is 10.4. The van der Waals surface area contributed by atoms with Crippen molar-refractivity contribution in [3.63, 3.8) is 0 Å². The van der Waals surface area contributed by atoms with Crippen LogP contribution in [0.2, 0.25) is 0 Å². The van der Waals surface area contributed by atoms with Crippen molar-refractivity contribution in [1.82, 2.24) is 4.90 Å². The highest BCUT2D eigenvalue weighted by atomic mass is 16.5. The Morgan fingerprint density at radius 3 is 2.78 bits per heavy atom. The van der Waals surface area contributed by atoms with Gasteiger partial charge in [-0.2, -0.15) is 0 Å². The Labute approximate surface area is 107 Å². The van der Waals surface area contributed by atoms with Gasteiger partial charge in [-0.15, -0.1) is 0 Å². The molecule has 0 amide bonds. The van der Waals surface area contributed by atoms with E-state index < -0.39 is 0 Å². The van der Waals surface area contributed by atoms with Crippen LogP contribution in [0, 0.1) is 5.41 Å². The van der Waals surface area contributed by atoms with Gasteiger partial charge in [0.1, 0.15) is 18.2 Å². The molecule has 1 aromatic carbocycles. The fourth-order valence-corrected chi connectivity index (χ4v) is 1.92. The number of rotatable bonds is 5. The summed E-state index contributed by atoms with van der Waals surface area (Å²) in [6, 6.07) is 7.38. The van der Waals surface area contributed by atoms with Crippen molar-refractivity contribution in [3.05, 3.63) is 29.8 Å². The molecular weight excluding hydrogens is 230 g/mol. The van der Waals surface area contributed by atoms with Gasteiger partial charge < -0.3 is 15.2 Å². The summed E-state index contributed by atoms with van der Waals surface area (Å²) in [5.74, 6) is 0.718. The minimum absolute atomic E-state index is 0.0389. The first kappa shape index (κ1) is 12.9. The highest BCUT2D eigenvalue weighted by molar-refractivity contribution is 5.97. The molecule has 1 aliphatic heterocycles. The number of hydrogen-bond acceptors (Lipinski definition) is 4. The molecule has 0 unspecified atom stereocenters. The second-order valence-corrected chi connectivity index (χ2v) is 4.21. The van der Waals surface area contributed by atoms with Gasteiger partial charge in [0.05, 0.1) is 18.8 Å². The van der Waals surface area contributed by atoms with E-state index >= 15 is 0 Å². The normalized spacial score (nSPS) is 16.4. The molecule has 1 fully saturated rings. The second kappa shape index (κ2) is 6.37. The van der Waals surface area contributed by atoms with E-state index in [0.29, 0.717) is 17.9 Å². The summed E-state index contributed by atoms with van der Waals surface area (Å²) in [5, 5.41) is 7.48. The van der Waals surface area contributed by atoms with Crippen LogP contribution in [0.3, 0.4) is 0 Å². The van der Waals surface area contributed by atoms with Crippen molar-refractivity contribution in [1.29, 1.82) is 5.41 Å². The highest BCUT2D eigenvalue weighted by Gasteiger charge is 2.10. The minimum atomic E-state index is 0.0389. The van der Waals surface area contributed by atoms with Crippen LogP contribution in [0.1, 0.15) is 5.56 Å². The van der Waals surface area contributed by atoms with Crippen molar-refractivity contribution >= 4 is 5.84 Å². The maximum absolute atomic E-state index is 7.48. The van der Waals surface area contributed by atoms with E-state index in [9.17, 15) is 0 Å². The number of morpholine rings is 1. The number of nitrogens with zero attached hydrogens (tertiary/aromatic N) is 1. The van der Waals surface area contributed by atoms with Crippen molar-refractivity contribution in [2.24, 2.45) is 5.73 Å². The SMILES string of the molecule is N=C(N)c1ccccc1OCCN1CCOCC1. The average Bonchev–Trinajstić information content (AvgIpc) is 2.40. The highest BCUT2D eigenvalue weighted by Crippen LogP contribution is 2.16. The molecule has 0 atom stereocenters. The van der Waals surface area contributed by atoms with Crippen LogP contribution in [0.15, 0.2) is 24.3 Å². The van der Waals surface area contributed by atoms with Gasteiger partial charge in [0.15, 0.2) is 0 Å². The molecule has 0 radical (unpaired) electrons. The maximum atomic E-state index is 7.48. The number of nitrogens with two attached hydrogens (primary N) is 1. The predicted octanol–water partition coefficient (Wildman–Crippen LogP) is 0.682. The first-order valence-corrected chi connectivity index (χ1v) is 6.13. The summed E-state index contributed by atoms with van der Waals surface area (Å²) in [6.07, 6.45) is 0. The van der Waals surface area contributed by atoms with Crippen LogP contribution in [0.25, 0.3) is 0 Å². The quantitative estimate of drug-likeness (QED) is 0.594. The number of hydrogen-bond donors (Lipinski definition) is 2. The maximum Gasteiger partial charge on any atom is 0.130 e. The Morgan fingerprint density at radius 2 is 2.06 bits per heavy atom. The van der Waals surface area contributed by atoms with Crippen LogP contribution in [0.4, 0.5) is 0 Å². The summed E-state index contributed by atoms with van der Waals surface area (Å²) in [4.78, 5) is 2.31. The monoisotopic (exact) mass is 249 g/mol. The first-order chi connectivity index (χ1) is 8.77. The lowest BCUT2D eigenvalue weighted by molar-refractivity contribution is 0.0322. The number of para-hydroxylation sites is 1. The molecule has 1 aliphatic rings. The number of benzene rings is 1. The molecule has 1 aromatic rings. The molecule has 3 N–H and O–H groups in total. The summed E-state index contributed by atoms with van der Waals surface area (Å²) >= 11 is 0. The Hall–Kier alpha value is -1.59. The zero-order chi connectivity index (χ0) is 12.8. The van der Waals surface area contributed by atoms with Gasteiger partial charge in [-0.3, -0.25) is 10.3 Å². The fourth-order valence-electron chi connectivity index (χ4n) is 1.92.